The molecule has 1 rings (SSSR count). The topological polar surface area (TPSA) is 38.9 Å². The van der Waals surface area contributed by atoms with Crippen LogP contribution in [0.3, 0.4) is 0 Å². The predicted octanol–water partition coefficient (Wildman–Crippen LogP) is 1.67. The second-order valence-electron chi connectivity index (χ2n) is 2.23. The molecular weight excluding hydrogens is 163 g/mol. The van der Waals surface area contributed by atoms with Crippen LogP contribution in [-0.2, 0) is 6.42 Å². The number of hydrogen-bond donors (Lipinski definition) is 1. The molecule has 2 nitrogen and oxygen atoms in total. The molecule has 0 bridgehead atoms. The van der Waals surface area contributed by atoms with Gasteiger partial charge in [0.15, 0.2) is 6.17 Å². The zero-order valence-electron chi connectivity index (χ0n) is 6.38. The largest absolute Gasteiger partial charge is 0.327 e. The number of hydrogen-bond acceptors (Lipinski definition) is 3. The Morgan fingerprint density at radius 3 is 3.00 bits per heavy atom. The minimum Gasteiger partial charge on any atom is -0.327 e. The Hall–Kier alpha value is -0.480. The first-order valence-electron chi connectivity index (χ1n) is 3.56. The molecule has 1 aromatic heterocycles. The summed E-state index contributed by atoms with van der Waals surface area (Å²) in [7, 11) is 0. The van der Waals surface area contributed by atoms with E-state index in [2.05, 4.69) is 4.98 Å². The average Bonchev–Trinajstić information content (AvgIpc) is 2.50. The second-order valence-corrected chi connectivity index (χ2v) is 3.12. The van der Waals surface area contributed by atoms with Crippen LogP contribution in [0.2, 0.25) is 0 Å². The molecule has 0 aliphatic rings. The maximum atomic E-state index is 12.8. The summed E-state index contributed by atoms with van der Waals surface area (Å²) in [5.41, 5.74) is 6.09. The summed E-state index contributed by atoms with van der Waals surface area (Å²) in [5, 5.41) is 2.38. The van der Waals surface area contributed by atoms with Crippen LogP contribution in [0.4, 0.5) is 4.39 Å². The van der Waals surface area contributed by atoms with E-state index in [1.807, 2.05) is 12.3 Å². The molecule has 0 aromatic carbocycles. The lowest BCUT2D eigenvalue weighted by Gasteiger charge is -1.97. The SMILES string of the molecule is CCc1csc(C(F)CN)n1. The van der Waals surface area contributed by atoms with Crippen molar-refractivity contribution >= 4 is 11.3 Å². The fourth-order valence-corrected chi connectivity index (χ4v) is 1.62. The van der Waals surface area contributed by atoms with Gasteiger partial charge in [-0.3, -0.25) is 0 Å². The highest BCUT2D eigenvalue weighted by atomic mass is 32.1. The molecule has 0 aliphatic carbocycles. The van der Waals surface area contributed by atoms with E-state index in [4.69, 9.17) is 5.73 Å². The third-order valence-corrected chi connectivity index (χ3v) is 2.39. The Balaban J connectivity index is 2.71. The van der Waals surface area contributed by atoms with E-state index in [1.165, 1.54) is 11.3 Å². The second kappa shape index (κ2) is 3.78. The molecular formula is C7H11FN2S. The van der Waals surface area contributed by atoms with E-state index >= 15 is 0 Å². The summed E-state index contributed by atoms with van der Waals surface area (Å²) in [4.78, 5) is 4.06. The summed E-state index contributed by atoms with van der Waals surface area (Å²) < 4.78 is 12.8. The Morgan fingerprint density at radius 2 is 2.55 bits per heavy atom. The van der Waals surface area contributed by atoms with Gasteiger partial charge < -0.3 is 5.73 Å². The molecule has 0 radical (unpaired) electrons. The van der Waals surface area contributed by atoms with Gasteiger partial charge in [-0.1, -0.05) is 6.92 Å². The van der Waals surface area contributed by atoms with Crippen molar-refractivity contribution in [3.8, 4) is 0 Å². The van der Waals surface area contributed by atoms with Crippen LogP contribution >= 0.6 is 11.3 Å². The maximum absolute atomic E-state index is 12.8. The number of aromatic nitrogens is 1. The molecule has 0 fully saturated rings. The molecule has 0 spiro atoms. The van der Waals surface area contributed by atoms with Crippen molar-refractivity contribution in [3.63, 3.8) is 0 Å². The zero-order valence-corrected chi connectivity index (χ0v) is 7.20. The van der Waals surface area contributed by atoms with Gasteiger partial charge in [0.25, 0.3) is 0 Å². The summed E-state index contributed by atoms with van der Waals surface area (Å²) in [6.45, 7) is 2.02. The summed E-state index contributed by atoms with van der Waals surface area (Å²) >= 11 is 1.34. The highest BCUT2D eigenvalue weighted by molar-refractivity contribution is 7.09. The van der Waals surface area contributed by atoms with Crippen LogP contribution in [0.5, 0.6) is 0 Å². The standard InChI is InChI=1S/C7H11FN2S/c1-2-5-4-11-7(10-5)6(8)3-9/h4,6H,2-3,9H2,1H3. The monoisotopic (exact) mass is 174 g/mol. The summed E-state index contributed by atoms with van der Waals surface area (Å²) in [5.74, 6) is 0. The van der Waals surface area contributed by atoms with Crippen molar-refractivity contribution in [2.24, 2.45) is 5.73 Å². The predicted molar refractivity (Wildman–Crippen MR) is 44.4 cm³/mol. The Morgan fingerprint density at radius 1 is 1.82 bits per heavy atom. The molecule has 0 saturated heterocycles. The van der Waals surface area contributed by atoms with Crippen LogP contribution in [0.25, 0.3) is 0 Å². The van der Waals surface area contributed by atoms with Crippen molar-refractivity contribution in [1.29, 1.82) is 0 Å². The molecule has 0 saturated carbocycles. The van der Waals surface area contributed by atoms with Gasteiger partial charge in [-0.25, -0.2) is 9.37 Å². The van der Waals surface area contributed by atoms with Gasteiger partial charge in [0.2, 0.25) is 0 Å². The highest BCUT2D eigenvalue weighted by Gasteiger charge is 2.10. The van der Waals surface area contributed by atoms with Crippen LogP contribution in [0, 0.1) is 0 Å². The van der Waals surface area contributed by atoms with Crippen molar-refractivity contribution in [2.75, 3.05) is 6.54 Å². The Bertz CT molecular complexity index is 224. The van der Waals surface area contributed by atoms with Crippen molar-refractivity contribution in [1.82, 2.24) is 4.98 Å². The molecule has 1 aromatic rings. The Labute approximate surface area is 69.3 Å². The molecule has 62 valence electrons. The minimum atomic E-state index is -1.08. The van der Waals surface area contributed by atoms with Crippen molar-refractivity contribution in [2.45, 2.75) is 19.5 Å². The van der Waals surface area contributed by atoms with E-state index in [9.17, 15) is 4.39 Å². The van der Waals surface area contributed by atoms with Crippen LogP contribution in [0.1, 0.15) is 23.8 Å². The number of nitrogens with zero attached hydrogens (tertiary/aromatic N) is 1. The molecule has 1 heterocycles. The molecule has 0 aliphatic heterocycles. The fraction of sp³-hybridized carbons (Fsp3) is 0.571. The van der Waals surface area contributed by atoms with E-state index in [1.54, 1.807) is 0 Å². The average molecular weight is 174 g/mol. The fourth-order valence-electron chi connectivity index (χ4n) is 0.730. The van der Waals surface area contributed by atoms with Crippen LogP contribution in [-0.4, -0.2) is 11.5 Å². The lowest BCUT2D eigenvalue weighted by molar-refractivity contribution is 0.351. The van der Waals surface area contributed by atoms with E-state index in [0.717, 1.165) is 12.1 Å². The maximum Gasteiger partial charge on any atom is 0.164 e. The molecule has 0 amide bonds. The quantitative estimate of drug-likeness (QED) is 0.757. The minimum absolute atomic E-state index is 0.0245. The van der Waals surface area contributed by atoms with Crippen LogP contribution in [0.15, 0.2) is 5.38 Å². The van der Waals surface area contributed by atoms with E-state index in [-0.39, 0.29) is 6.54 Å². The van der Waals surface area contributed by atoms with Crippen LogP contribution < -0.4 is 5.73 Å². The number of aryl methyl sites for hydroxylation is 1. The molecule has 1 unspecified atom stereocenters. The first-order valence-corrected chi connectivity index (χ1v) is 4.44. The number of halogens is 1. The summed E-state index contributed by atoms with van der Waals surface area (Å²) in [6, 6.07) is 0. The number of thiazole rings is 1. The zero-order chi connectivity index (χ0) is 8.27. The van der Waals surface area contributed by atoms with Gasteiger partial charge in [0.1, 0.15) is 5.01 Å². The van der Waals surface area contributed by atoms with Gasteiger partial charge in [-0.15, -0.1) is 11.3 Å². The van der Waals surface area contributed by atoms with Gasteiger partial charge in [0, 0.05) is 11.9 Å². The lowest BCUT2D eigenvalue weighted by atomic mass is 10.4. The van der Waals surface area contributed by atoms with Gasteiger partial charge in [-0.2, -0.15) is 0 Å². The van der Waals surface area contributed by atoms with Crippen molar-refractivity contribution < 1.29 is 4.39 Å². The number of rotatable bonds is 3. The molecule has 11 heavy (non-hydrogen) atoms. The number of alkyl halides is 1. The molecule has 2 N–H and O–H groups in total. The first-order chi connectivity index (χ1) is 5.27. The summed E-state index contributed by atoms with van der Waals surface area (Å²) in [6.07, 6.45) is -0.228. The van der Waals surface area contributed by atoms with Gasteiger partial charge in [0.05, 0.1) is 5.69 Å². The van der Waals surface area contributed by atoms with E-state index < -0.39 is 6.17 Å². The van der Waals surface area contributed by atoms with Gasteiger partial charge in [-0.05, 0) is 6.42 Å². The normalized spacial score (nSPS) is 13.4. The van der Waals surface area contributed by atoms with Gasteiger partial charge >= 0.3 is 0 Å². The van der Waals surface area contributed by atoms with Crippen molar-refractivity contribution in [3.05, 3.63) is 16.1 Å². The third kappa shape index (κ3) is 1.97. The third-order valence-electron chi connectivity index (χ3n) is 1.41. The highest BCUT2D eigenvalue weighted by Crippen LogP contribution is 2.20. The van der Waals surface area contributed by atoms with E-state index in [0.29, 0.717) is 5.01 Å². The lowest BCUT2D eigenvalue weighted by Crippen LogP contribution is -2.07. The molecule has 4 heteroatoms. The molecule has 1 atom stereocenters. The first kappa shape index (κ1) is 8.62. The Kier molecular flexibility index (Phi) is 2.96. The smallest absolute Gasteiger partial charge is 0.164 e. The number of nitrogens with two attached hydrogens (primary N) is 1.